The third kappa shape index (κ3) is 6.40. The third-order valence-corrected chi connectivity index (χ3v) is 7.75. The van der Waals surface area contributed by atoms with Crippen LogP contribution in [0, 0.1) is 31.1 Å². The van der Waals surface area contributed by atoms with E-state index >= 15 is 0 Å². The first-order valence-electron chi connectivity index (χ1n) is 14.8. The van der Waals surface area contributed by atoms with E-state index in [1.807, 2.05) is 98.9 Å². The monoisotopic (exact) mass is 584 g/mol. The van der Waals surface area contributed by atoms with E-state index in [-0.39, 0.29) is 17.7 Å². The molecule has 2 heterocycles. The van der Waals surface area contributed by atoms with Crippen molar-refractivity contribution in [3.63, 3.8) is 0 Å². The summed E-state index contributed by atoms with van der Waals surface area (Å²) in [5.41, 5.74) is 6.52. The average molecular weight is 585 g/mol. The molecule has 0 saturated heterocycles. The molecule has 0 spiro atoms. The Kier molecular flexibility index (Phi) is 8.91. The van der Waals surface area contributed by atoms with Crippen LogP contribution in [0.3, 0.4) is 0 Å². The Balaban J connectivity index is 1.59. The molecule has 4 aromatic rings. The average Bonchev–Trinajstić information content (AvgIpc) is 3.44. The van der Waals surface area contributed by atoms with Gasteiger partial charge in [-0.15, -0.1) is 0 Å². The zero-order chi connectivity index (χ0) is 31.4. The van der Waals surface area contributed by atoms with Crippen LogP contribution in [-0.2, 0) is 16.1 Å². The molecule has 7 heteroatoms. The van der Waals surface area contributed by atoms with E-state index in [4.69, 9.17) is 9.84 Å². The molecule has 0 N–H and O–H groups in total. The normalized spacial score (nSPS) is 14.5. The van der Waals surface area contributed by atoms with E-state index in [1.165, 1.54) is 0 Å². The molecule has 222 valence electrons. The highest BCUT2D eigenvalue weighted by Gasteiger charge is 2.35. The van der Waals surface area contributed by atoms with Crippen molar-refractivity contribution in [3.05, 3.63) is 118 Å². The minimum atomic E-state index is -0.586. The first-order valence-corrected chi connectivity index (χ1v) is 14.8. The summed E-state index contributed by atoms with van der Waals surface area (Å²) in [6.07, 6.45) is 4.58. The van der Waals surface area contributed by atoms with Crippen molar-refractivity contribution < 1.29 is 14.3 Å². The molecular weight excluding hydrogens is 548 g/mol. The molecule has 0 bridgehead atoms. The Hall–Kier alpha value is -5.22. The summed E-state index contributed by atoms with van der Waals surface area (Å²) >= 11 is 0. The number of nitrogens with zero attached hydrogens (tertiary/aromatic N) is 4. The first-order chi connectivity index (χ1) is 21.2. The maximum atomic E-state index is 13.9. The second-order valence-corrected chi connectivity index (χ2v) is 11.6. The smallest absolute Gasteiger partial charge is 0.271 e. The topological polar surface area (TPSA) is 88.2 Å². The number of para-hydroxylation sites is 1. The lowest BCUT2D eigenvalue weighted by molar-refractivity contribution is -0.141. The number of rotatable bonds is 9. The SMILES string of the molecule is CC1=C(C#N)C(=O)N(Cc2ccc(C)cc2)C(=O)/C1=C/c1cn(-c2ccccc2)nc1-c1ccc(OCCC(C)C)c(C)c1. The van der Waals surface area contributed by atoms with Crippen LogP contribution in [0.2, 0.25) is 0 Å². The molecule has 0 radical (unpaired) electrons. The molecule has 0 saturated carbocycles. The zero-order valence-corrected chi connectivity index (χ0v) is 25.8. The highest BCUT2D eigenvalue weighted by Crippen LogP contribution is 2.33. The summed E-state index contributed by atoms with van der Waals surface area (Å²) in [5, 5.41) is 14.9. The maximum absolute atomic E-state index is 13.9. The van der Waals surface area contributed by atoms with Crippen LogP contribution in [0.5, 0.6) is 5.75 Å². The quantitative estimate of drug-likeness (QED) is 0.151. The number of benzene rings is 3. The Morgan fingerprint density at radius 3 is 2.34 bits per heavy atom. The van der Waals surface area contributed by atoms with Gasteiger partial charge in [0.05, 0.1) is 24.5 Å². The summed E-state index contributed by atoms with van der Waals surface area (Å²) in [7, 11) is 0. The molecule has 0 unspecified atom stereocenters. The lowest BCUT2D eigenvalue weighted by Crippen LogP contribution is -2.42. The van der Waals surface area contributed by atoms with Gasteiger partial charge in [0, 0.05) is 22.9 Å². The highest BCUT2D eigenvalue weighted by molar-refractivity contribution is 6.19. The van der Waals surface area contributed by atoms with Crippen molar-refractivity contribution >= 4 is 17.9 Å². The Bertz CT molecular complexity index is 1810. The standard InChI is InChI=1S/C37H36N4O3/c1-24(2)17-18-44-34-16-15-29(19-26(34)4)35-30(23-41(39-35)31-9-7-6-8-10-31)20-32-27(5)33(21-38)37(43)40(36(32)42)22-28-13-11-25(3)12-14-28/h6-16,19-20,23-24H,17-18,22H2,1-5H3/b32-20+. The molecule has 0 aliphatic carbocycles. The predicted octanol–water partition coefficient (Wildman–Crippen LogP) is 7.37. The minimum Gasteiger partial charge on any atom is -0.493 e. The van der Waals surface area contributed by atoms with Crippen LogP contribution in [-0.4, -0.2) is 33.1 Å². The van der Waals surface area contributed by atoms with Crippen molar-refractivity contribution in [3.8, 4) is 28.8 Å². The van der Waals surface area contributed by atoms with Crippen molar-refractivity contribution in [2.24, 2.45) is 5.92 Å². The molecule has 3 aromatic carbocycles. The predicted molar refractivity (Wildman–Crippen MR) is 172 cm³/mol. The van der Waals surface area contributed by atoms with Gasteiger partial charge >= 0.3 is 0 Å². The molecule has 5 rings (SSSR count). The molecule has 1 aromatic heterocycles. The van der Waals surface area contributed by atoms with Crippen LogP contribution in [0.1, 0.15) is 49.4 Å². The fraction of sp³-hybridized carbons (Fsp3) is 0.243. The van der Waals surface area contributed by atoms with Gasteiger partial charge in [0.1, 0.15) is 17.4 Å². The lowest BCUT2D eigenvalue weighted by atomic mass is 9.92. The van der Waals surface area contributed by atoms with Gasteiger partial charge in [-0.05, 0) is 86.2 Å². The number of nitriles is 1. The van der Waals surface area contributed by atoms with Crippen LogP contribution in [0.4, 0.5) is 0 Å². The van der Waals surface area contributed by atoms with Gasteiger partial charge in [-0.25, -0.2) is 4.68 Å². The fourth-order valence-corrected chi connectivity index (χ4v) is 5.10. The molecule has 2 amide bonds. The van der Waals surface area contributed by atoms with E-state index in [0.717, 1.165) is 45.0 Å². The van der Waals surface area contributed by atoms with E-state index in [0.29, 0.717) is 29.4 Å². The number of hydrogen-bond donors (Lipinski definition) is 0. The number of carbonyl (C=O) groups excluding carboxylic acids is 2. The van der Waals surface area contributed by atoms with Gasteiger partial charge in [-0.2, -0.15) is 10.4 Å². The van der Waals surface area contributed by atoms with Crippen LogP contribution < -0.4 is 4.74 Å². The van der Waals surface area contributed by atoms with Crippen molar-refractivity contribution in [2.75, 3.05) is 6.61 Å². The summed E-state index contributed by atoms with van der Waals surface area (Å²) in [6.45, 7) is 10.7. The highest BCUT2D eigenvalue weighted by atomic mass is 16.5. The number of aryl methyl sites for hydroxylation is 2. The van der Waals surface area contributed by atoms with E-state index in [2.05, 4.69) is 13.8 Å². The fourth-order valence-electron chi connectivity index (χ4n) is 5.10. The van der Waals surface area contributed by atoms with E-state index < -0.39 is 11.8 Å². The lowest BCUT2D eigenvalue weighted by Gasteiger charge is -2.27. The van der Waals surface area contributed by atoms with Gasteiger partial charge in [-0.1, -0.05) is 61.9 Å². The maximum Gasteiger partial charge on any atom is 0.271 e. The van der Waals surface area contributed by atoms with Crippen LogP contribution >= 0.6 is 0 Å². The zero-order valence-electron chi connectivity index (χ0n) is 25.8. The number of amides is 2. The Labute approximate surface area is 258 Å². The van der Waals surface area contributed by atoms with Crippen molar-refractivity contribution in [1.29, 1.82) is 5.26 Å². The minimum absolute atomic E-state index is 0.0429. The molecule has 44 heavy (non-hydrogen) atoms. The number of ether oxygens (including phenoxy) is 1. The summed E-state index contributed by atoms with van der Waals surface area (Å²) < 4.78 is 7.81. The Morgan fingerprint density at radius 1 is 0.955 bits per heavy atom. The van der Waals surface area contributed by atoms with E-state index in [9.17, 15) is 14.9 Å². The molecule has 1 aliphatic heterocycles. The van der Waals surface area contributed by atoms with Gasteiger partial charge < -0.3 is 4.74 Å². The van der Waals surface area contributed by atoms with Crippen LogP contribution in [0.25, 0.3) is 23.0 Å². The van der Waals surface area contributed by atoms with Gasteiger partial charge in [0.25, 0.3) is 11.8 Å². The number of aromatic nitrogens is 2. The molecule has 0 atom stereocenters. The van der Waals surface area contributed by atoms with Crippen molar-refractivity contribution in [1.82, 2.24) is 14.7 Å². The second-order valence-electron chi connectivity index (χ2n) is 11.6. The molecule has 0 fully saturated rings. The number of hydrogen-bond acceptors (Lipinski definition) is 5. The van der Waals surface area contributed by atoms with Gasteiger partial charge in [-0.3, -0.25) is 14.5 Å². The molecule has 1 aliphatic rings. The summed E-state index contributed by atoms with van der Waals surface area (Å²) in [4.78, 5) is 28.3. The summed E-state index contributed by atoms with van der Waals surface area (Å²) in [6, 6.07) is 25.4. The first kappa shape index (κ1) is 30.2. The Morgan fingerprint density at radius 2 is 1.68 bits per heavy atom. The molecular formula is C37H36N4O3. The largest absolute Gasteiger partial charge is 0.493 e. The number of imide groups is 1. The van der Waals surface area contributed by atoms with Gasteiger partial charge in [0.2, 0.25) is 0 Å². The number of carbonyl (C=O) groups is 2. The van der Waals surface area contributed by atoms with Crippen LogP contribution in [0.15, 0.2) is 95.7 Å². The molecule has 7 nitrogen and oxygen atoms in total. The van der Waals surface area contributed by atoms with E-state index in [1.54, 1.807) is 17.7 Å². The second kappa shape index (κ2) is 13.0. The third-order valence-electron chi connectivity index (χ3n) is 7.75. The summed E-state index contributed by atoms with van der Waals surface area (Å²) in [5.74, 6) is 0.339. The van der Waals surface area contributed by atoms with Gasteiger partial charge in [0.15, 0.2) is 0 Å². The van der Waals surface area contributed by atoms with Crippen molar-refractivity contribution in [2.45, 2.75) is 47.6 Å².